The van der Waals surface area contributed by atoms with Crippen LogP contribution in [0.4, 0.5) is 10.1 Å². The third kappa shape index (κ3) is 2.99. The molecule has 1 aromatic carbocycles. The Morgan fingerprint density at radius 3 is 2.63 bits per heavy atom. The summed E-state index contributed by atoms with van der Waals surface area (Å²) in [5.74, 6) is -1.26. The van der Waals surface area contributed by atoms with Gasteiger partial charge in [-0.05, 0) is 25.1 Å². The van der Waals surface area contributed by atoms with Gasteiger partial charge in [0.25, 0.3) is 10.0 Å². The van der Waals surface area contributed by atoms with Crippen LogP contribution in [0.15, 0.2) is 28.5 Å². The largest absolute Gasteiger partial charge is 0.504 e. The molecule has 4 nitrogen and oxygen atoms in total. The number of phenols is 1. The minimum Gasteiger partial charge on any atom is -0.504 e. The smallest absolute Gasteiger partial charge is 0.271 e. The molecule has 8 heteroatoms. The summed E-state index contributed by atoms with van der Waals surface area (Å²) in [4.78, 5) is 0.821. The predicted octanol–water partition coefficient (Wildman–Crippen LogP) is 3.36. The number of sulfonamides is 1. The van der Waals surface area contributed by atoms with Crippen LogP contribution >= 0.6 is 22.9 Å². The number of rotatable bonds is 3. The van der Waals surface area contributed by atoms with E-state index in [9.17, 15) is 17.9 Å². The molecule has 2 N–H and O–H groups in total. The fraction of sp³-hybridized carbons (Fsp3) is 0.0909. The molecule has 0 fully saturated rings. The molecule has 19 heavy (non-hydrogen) atoms. The lowest BCUT2D eigenvalue weighted by Gasteiger charge is -2.09. The molecule has 102 valence electrons. The fourth-order valence-electron chi connectivity index (χ4n) is 1.40. The van der Waals surface area contributed by atoms with Crippen molar-refractivity contribution in [1.82, 2.24) is 0 Å². The number of anilines is 1. The molecule has 0 amide bonds. The third-order valence-corrected chi connectivity index (χ3v) is 5.40. The van der Waals surface area contributed by atoms with E-state index in [0.717, 1.165) is 28.3 Å². The highest BCUT2D eigenvalue weighted by molar-refractivity contribution is 7.94. The third-order valence-electron chi connectivity index (χ3n) is 2.25. The Labute approximate surface area is 118 Å². The molecule has 0 unspecified atom stereocenters. The second-order valence-corrected chi connectivity index (χ2v) is 7.36. The molecular formula is C11H9ClFNO3S2. The zero-order valence-corrected chi connectivity index (χ0v) is 12.0. The quantitative estimate of drug-likeness (QED) is 0.852. The monoisotopic (exact) mass is 321 g/mol. The lowest BCUT2D eigenvalue weighted by atomic mass is 10.3. The van der Waals surface area contributed by atoms with E-state index in [4.69, 9.17) is 11.6 Å². The highest BCUT2D eigenvalue weighted by Crippen LogP contribution is 2.34. The van der Waals surface area contributed by atoms with Crippen molar-refractivity contribution in [1.29, 1.82) is 0 Å². The molecule has 0 aliphatic rings. The number of hydrogen-bond donors (Lipinski definition) is 2. The Morgan fingerprint density at radius 1 is 1.37 bits per heavy atom. The van der Waals surface area contributed by atoms with Gasteiger partial charge in [-0.15, -0.1) is 11.3 Å². The summed E-state index contributed by atoms with van der Waals surface area (Å²) in [6.45, 7) is 1.76. The highest BCUT2D eigenvalue weighted by Gasteiger charge is 2.19. The summed E-state index contributed by atoms with van der Waals surface area (Å²) >= 11 is 6.65. The van der Waals surface area contributed by atoms with Crippen molar-refractivity contribution in [3.05, 3.63) is 40.0 Å². The van der Waals surface area contributed by atoms with Gasteiger partial charge in [0.1, 0.15) is 10.0 Å². The zero-order chi connectivity index (χ0) is 14.2. The molecule has 0 saturated carbocycles. The maximum atomic E-state index is 13.2. The first kappa shape index (κ1) is 14.1. The molecule has 0 radical (unpaired) electrons. The van der Waals surface area contributed by atoms with E-state index in [-0.39, 0.29) is 14.9 Å². The molecule has 1 aromatic heterocycles. The predicted molar refractivity (Wildman–Crippen MR) is 72.9 cm³/mol. The van der Waals surface area contributed by atoms with Crippen molar-refractivity contribution in [3.8, 4) is 5.75 Å². The average Bonchev–Trinajstić information content (AvgIpc) is 2.72. The van der Waals surface area contributed by atoms with Crippen LogP contribution in [-0.2, 0) is 10.0 Å². The number of phenolic OH excluding ortho intramolecular Hbond substituents is 1. The van der Waals surface area contributed by atoms with Crippen molar-refractivity contribution in [2.75, 3.05) is 4.72 Å². The fourth-order valence-corrected chi connectivity index (χ4v) is 3.94. The molecule has 0 aliphatic heterocycles. The number of thiophene rings is 1. The summed E-state index contributed by atoms with van der Waals surface area (Å²) in [6, 6.07) is 4.83. The van der Waals surface area contributed by atoms with E-state index in [2.05, 4.69) is 4.72 Å². The van der Waals surface area contributed by atoms with E-state index in [1.807, 2.05) is 0 Å². The molecule has 1 heterocycles. The summed E-state index contributed by atoms with van der Waals surface area (Å²) in [5.41, 5.74) is -0.295. The normalized spacial score (nSPS) is 11.5. The van der Waals surface area contributed by atoms with Gasteiger partial charge in [0.05, 0.1) is 10.7 Å². The van der Waals surface area contributed by atoms with Crippen molar-refractivity contribution in [2.24, 2.45) is 0 Å². The van der Waals surface area contributed by atoms with Gasteiger partial charge < -0.3 is 5.11 Å². The first-order valence-corrected chi connectivity index (χ1v) is 7.74. The zero-order valence-electron chi connectivity index (χ0n) is 9.65. The molecule has 0 atom stereocenters. The number of nitrogens with one attached hydrogen (secondary N) is 1. The van der Waals surface area contributed by atoms with Gasteiger partial charge in [-0.1, -0.05) is 11.6 Å². The lowest BCUT2D eigenvalue weighted by Crippen LogP contribution is -2.11. The molecule has 2 aromatic rings. The number of halogens is 2. The molecule has 0 saturated heterocycles. The van der Waals surface area contributed by atoms with E-state index < -0.39 is 21.6 Å². The lowest BCUT2D eigenvalue weighted by molar-refractivity contribution is 0.476. The Balaban J connectivity index is 2.41. The number of aryl methyl sites for hydroxylation is 1. The van der Waals surface area contributed by atoms with Gasteiger partial charge in [-0.3, -0.25) is 4.72 Å². The van der Waals surface area contributed by atoms with Crippen LogP contribution in [-0.4, -0.2) is 13.5 Å². The van der Waals surface area contributed by atoms with Crippen LogP contribution in [0.3, 0.4) is 0 Å². The van der Waals surface area contributed by atoms with Crippen LogP contribution in [0.2, 0.25) is 5.02 Å². The average molecular weight is 322 g/mol. The summed E-state index contributed by atoms with van der Waals surface area (Å²) in [7, 11) is -3.87. The van der Waals surface area contributed by atoms with Crippen LogP contribution in [0.1, 0.15) is 4.88 Å². The van der Waals surface area contributed by atoms with Crippen LogP contribution in [0, 0.1) is 12.7 Å². The Morgan fingerprint density at radius 2 is 2.05 bits per heavy atom. The van der Waals surface area contributed by atoms with Crippen LogP contribution in [0.5, 0.6) is 5.75 Å². The number of aromatic hydroxyl groups is 1. The Bertz CT molecular complexity index is 728. The van der Waals surface area contributed by atoms with Crippen molar-refractivity contribution < 1.29 is 17.9 Å². The molecular weight excluding hydrogens is 313 g/mol. The first-order valence-electron chi connectivity index (χ1n) is 5.07. The molecule has 2 rings (SSSR count). The van der Waals surface area contributed by atoms with Gasteiger partial charge in [0.2, 0.25) is 0 Å². The van der Waals surface area contributed by atoms with Gasteiger partial charge in [0.15, 0.2) is 5.75 Å². The molecule has 0 aliphatic carbocycles. The van der Waals surface area contributed by atoms with E-state index in [1.54, 1.807) is 13.0 Å². The maximum Gasteiger partial charge on any atom is 0.271 e. The number of benzene rings is 1. The van der Waals surface area contributed by atoms with Crippen molar-refractivity contribution in [3.63, 3.8) is 0 Å². The standard InChI is InChI=1S/C11H9ClFNO3S2/c1-6-2-3-10(18-6)19(16,17)14-9-5-7(13)4-8(12)11(9)15/h2-5,14-15H,1H3. The van der Waals surface area contributed by atoms with Crippen LogP contribution < -0.4 is 4.72 Å². The number of hydrogen-bond acceptors (Lipinski definition) is 4. The van der Waals surface area contributed by atoms with Gasteiger partial charge >= 0.3 is 0 Å². The van der Waals surface area contributed by atoms with E-state index >= 15 is 0 Å². The van der Waals surface area contributed by atoms with Gasteiger partial charge in [-0.2, -0.15) is 0 Å². The van der Waals surface area contributed by atoms with Crippen molar-refractivity contribution in [2.45, 2.75) is 11.1 Å². The SMILES string of the molecule is Cc1ccc(S(=O)(=O)Nc2cc(F)cc(Cl)c2O)s1. The summed E-state index contributed by atoms with van der Waals surface area (Å²) < 4.78 is 39.4. The summed E-state index contributed by atoms with van der Waals surface area (Å²) in [5, 5.41) is 9.35. The highest BCUT2D eigenvalue weighted by atomic mass is 35.5. The first-order chi connectivity index (χ1) is 8.79. The van der Waals surface area contributed by atoms with E-state index in [1.165, 1.54) is 6.07 Å². The second kappa shape index (κ2) is 4.99. The van der Waals surface area contributed by atoms with Crippen LogP contribution in [0.25, 0.3) is 0 Å². The maximum absolute atomic E-state index is 13.2. The Kier molecular flexibility index (Phi) is 3.71. The minimum absolute atomic E-state index is 0.0739. The molecule has 0 bridgehead atoms. The summed E-state index contributed by atoms with van der Waals surface area (Å²) in [6.07, 6.45) is 0. The second-order valence-electron chi connectivity index (χ2n) is 3.75. The molecule has 0 spiro atoms. The van der Waals surface area contributed by atoms with Crippen molar-refractivity contribution >= 4 is 38.6 Å². The van der Waals surface area contributed by atoms with E-state index in [0.29, 0.717) is 0 Å². The minimum atomic E-state index is -3.87. The van der Waals surface area contributed by atoms with Gasteiger partial charge in [-0.25, -0.2) is 12.8 Å². The van der Waals surface area contributed by atoms with Gasteiger partial charge in [0, 0.05) is 10.9 Å². The Hall–Kier alpha value is -1.31. The topological polar surface area (TPSA) is 66.4 Å².